The molecule has 2 rings (SSSR count). The SMILES string of the molecule is N=C(N)c1cccnc1Oc1cc(F)cc(Br)c1. The molecule has 0 unspecified atom stereocenters. The number of nitrogens with zero attached hydrogens (tertiary/aromatic N) is 1. The van der Waals surface area contributed by atoms with Crippen LogP contribution in [0.5, 0.6) is 11.6 Å². The normalized spacial score (nSPS) is 10.1. The van der Waals surface area contributed by atoms with Gasteiger partial charge in [0.1, 0.15) is 17.4 Å². The van der Waals surface area contributed by atoms with Crippen molar-refractivity contribution in [2.45, 2.75) is 0 Å². The summed E-state index contributed by atoms with van der Waals surface area (Å²) in [5.74, 6) is -0.140. The Morgan fingerprint density at radius 3 is 2.83 bits per heavy atom. The van der Waals surface area contributed by atoms with Gasteiger partial charge in [-0.3, -0.25) is 5.41 Å². The zero-order valence-corrected chi connectivity index (χ0v) is 10.7. The monoisotopic (exact) mass is 309 g/mol. The molecule has 0 aliphatic heterocycles. The van der Waals surface area contributed by atoms with Crippen molar-refractivity contribution >= 4 is 21.8 Å². The van der Waals surface area contributed by atoms with Crippen molar-refractivity contribution in [2.24, 2.45) is 5.73 Å². The number of hydrogen-bond donors (Lipinski definition) is 2. The van der Waals surface area contributed by atoms with E-state index in [1.54, 1.807) is 18.2 Å². The van der Waals surface area contributed by atoms with E-state index in [-0.39, 0.29) is 17.5 Å². The highest BCUT2D eigenvalue weighted by atomic mass is 79.9. The van der Waals surface area contributed by atoms with Gasteiger partial charge in [0, 0.05) is 16.7 Å². The van der Waals surface area contributed by atoms with Crippen molar-refractivity contribution < 1.29 is 9.13 Å². The summed E-state index contributed by atoms with van der Waals surface area (Å²) in [5, 5.41) is 7.40. The van der Waals surface area contributed by atoms with E-state index in [1.165, 1.54) is 18.3 Å². The van der Waals surface area contributed by atoms with Gasteiger partial charge in [-0.1, -0.05) is 15.9 Å². The molecular weight excluding hydrogens is 301 g/mol. The summed E-state index contributed by atoms with van der Waals surface area (Å²) >= 11 is 3.17. The molecule has 0 amide bonds. The molecule has 0 saturated carbocycles. The smallest absolute Gasteiger partial charge is 0.230 e. The number of ether oxygens (including phenoxy) is 1. The van der Waals surface area contributed by atoms with E-state index in [2.05, 4.69) is 20.9 Å². The quantitative estimate of drug-likeness (QED) is 0.676. The molecule has 18 heavy (non-hydrogen) atoms. The maximum absolute atomic E-state index is 13.2. The Bertz CT molecular complexity index is 583. The molecule has 2 aromatic rings. The summed E-state index contributed by atoms with van der Waals surface area (Å²) in [7, 11) is 0. The molecule has 92 valence electrons. The maximum Gasteiger partial charge on any atom is 0.230 e. The number of aromatic nitrogens is 1. The van der Waals surface area contributed by atoms with Crippen molar-refractivity contribution in [3.63, 3.8) is 0 Å². The van der Waals surface area contributed by atoms with E-state index < -0.39 is 5.82 Å². The Labute approximate surface area is 111 Å². The van der Waals surface area contributed by atoms with E-state index in [0.29, 0.717) is 10.0 Å². The third-order valence-corrected chi connectivity index (χ3v) is 2.57. The number of hydrogen-bond acceptors (Lipinski definition) is 3. The summed E-state index contributed by atoms with van der Waals surface area (Å²) in [6, 6.07) is 7.40. The Kier molecular flexibility index (Phi) is 3.57. The molecule has 0 spiro atoms. The first-order valence-corrected chi connectivity index (χ1v) is 5.79. The number of nitrogen functional groups attached to an aromatic ring is 1. The van der Waals surface area contributed by atoms with Gasteiger partial charge < -0.3 is 10.5 Å². The molecule has 0 atom stereocenters. The van der Waals surface area contributed by atoms with E-state index in [9.17, 15) is 4.39 Å². The molecule has 0 saturated heterocycles. The summed E-state index contributed by atoms with van der Waals surface area (Å²) in [6.45, 7) is 0. The molecule has 0 fully saturated rings. The van der Waals surface area contributed by atoms with Gasteiger partial charge in [-0.2, -0.15) is 0 Å². The van der Waals surface area contributed by atoms with Crippen molar-refractivity contribution in [2.75, 3.05) is 0 Å². The second-order valence-electron chi connectivity index (χ2n) is 3.48. The van der Waals surface area contributed by atoms with Gasteiger partial charge in [-0.15, -0.1) is 0 Å². The molecule has 1 aromatic carbocycles. The highest BCUT2D eigenvalue weighted by molar-refractivity contribution is 9.10. The zero-order chi connectivity index (χ0) is 13.1. The molecule has 0 bridgehead atoms. The van der Waals surface area contributed by atoms with Gasteiger partial charge in [-0.25, -0.2) is 9.37 Å². The second kappa shape index (κ2) is 5.14. The Morgan fingerprint density at radius 2 is 2.17 bits per heavy atom. The van der Waals surface area contributed by atoms with Crippen LogP contribution in [0.15, 0.2) is 41.0 Å². The van der Waals surface area contributed by atoms with Crippen LogP contribution in [0, 0.1) is 11.2 Å². The van der Waals surface area contributed by atoms with Crippen LogP contribution in [0.3, 0.4) is 0 Å². The van der Waals surface area contributed by atoms with Crippen molar-refractivity contribution in [3.05, 3.63) is 52.4 Å². The number of pyridine rings is 1. The minimum Gasteiger partial charge on any atom is -0.438 e. The first-order valence-electron chi connectivity index (χ1n) is 4.99. The molecule has 1 aromatic heterocycles. The van der Waals surface area contributed by atoms with Crippen LogP contribution in [0.4, 0.5) is 4.39 Å². The highest BCUT2D eigenvalue weighted by Crippen LogP contribution is 2.26. The number of nitrogens with one attached hydrogen (secondary N) is 1. The van der Waals surface area contributed by atoms with Crippen LogP contribution < -0.4 is 10.5 Å². The fourth-order valence-corrected chi connectivity index (χ4v) is 1.82. The second-order valence-corrected chi connectivity index (χ2v) is 4.39. The fraction of sp³-hybridized carbons (Fsp3) is 0. The molecule has 0 aliphatic carbocycles. The predicted molar refractivity (Wildman–Crippen MR) is 69.4 cm³/mol. The summed E-state index contributed by atoms with van der Waals surface area (Å²) < 4.78 is 19.2. The third kappa shape index (κ3) is 2.84. The van der Waals surface area contributed by atoms with E-state index in [1.807, 2.05) is 0 Å². The third-order valence-electron chi connectivity index (χ3n) is 2.11. The van der Waals surface area contributed by atoms with Crippen LogP contribution in [-0.2, 0) is 0 Å². The molecule has 1 heterocycles. The summed E-state index contributed by atoms with van der Waals surface area (Å²) in [6.07, 6.45) is 1.51. The molecule has 0 radical (unpaired) electrons. The van der Waals surface area contributed by atoms with Crippen molar-refractivity contribution in [1.29, 1.82) is 5.41 Å². The van der Waals surface area contributed by atoms with Crippen LogP contribution in [0.2, 0.25) is 0 Å². The predicted octanol–water partition coefficient (Wildman–Crippen LogP) is 3.06. The van der Waals surface area contributed by atoms with Crippen LogP contribution in [0.25, 0.3) is 0 Å². The van der Waals surface area contributed by atoms with Gasteiger partial charge >= 0.3 is 0 Å². The van der Waals surface area contributed by atoms with Crippen LogP contribution in [-0.4, -0.2) is 10.8 Å². The number of benzene rings is 1. The van der Waals surface area contributed by atoms with Crippen molar-refractivity contribution in [3.8, 4) is 11.6 Å². The zero-order valence-electron chi connectivity index (χ0n) is 9.15. The largest absolute Gasteiger partial charge is 0.438 e. The number of halogens is 2. The lowest BCUT2D eigenvalue weighted by atomic mass is 10.2. The first kappa shape index (κ1) is 12.5. The topological polar surface area (TPSA) is 72.0 Å². The summed E-state index contributed by atoms with van der Waals surface area (Å²) in [4.78, 5) is 3.97. The number of nitrogens with two attached hydrogens (primary N) is 1. The van der Waals surface area contributed by atoms with Crippen LogP contribution in [0.1, 0.15) is 5.56 Å². The number of rotatable bonds is 3. The molecule has 3 N–H and O–H groups in total. The maximum atomic E-state index is 13.2. The molecule has 0 aliphatic rings. The molecular formula is C12H9BrFN3O. The average molecular weight is 310 g/mol. The highest BCUT2D eigenvalue weighted by Gasteiger charge is 2.09. The lowest BCUT2D eigenvalue weighted by Gasteiger charge is -2.09. The van der Waals surface area contributed by atoms with Crippen LogP contribution >= 0.6 is 15.9 Å². The fourth-order valence-electron chi connectivity index (χ4n) is 1.38. The van der Waals surface area contributed by atoms with Gasteiger partial charge in [0.15, 0.2) is 0 Å². The van der Waals surface area contributed by atoms with E-state index in [0.717, 1.165) is 0 Å². The number of amidine groups is 1. The van der Waals surface area contributed by atoms with Gasteiger partial charge in [-0.05, 0) is 24.3 Å². The lowest BCUT2D eigenvalue weighted by molar-refractivity contribution is 0.456. The minimum atomic E-state index is -0.431. The Balaban J connectivity index is 2.37. The Morgan fingerprint density at radius 1 is 1.39 bits per heavy atom. The summed E-state index contributed by atoms with van der Waals surface area (Å²) in [5.41, 5.74) is 5.77. The van der Waals surface area contributed by atoms with Gasteiger partial charge in [0.05, 0.1) is 5.56 Å². The minimum absolute atomic E-state index is 0.159. The lowest BCUT2D eigenvalue weighted by Crippen LogP contribution is -2.12. The van der Waals surface area contributed by atoms with Crippen molar-refractivity contribution in [1.82, 2.24) is 4.98 Å². The Hall–Kier alpha value is -1.95. The molecule has 6 heteroatoms. The van der Waals surface area contributed by atoms with Gasteiger partial charge in [0.2, 0.25) is 5.88 Å². The average Bonchev–Trinajstić information content (AvgIpc) is 2.27. The molecule has 4 nitrogen and oxygen atoms in total. The van der Waals surface area contributed by atoms with E-state index >= 15 is 0 Å². The first-order chi connectivity index (χ1) is 8.56. The standard InChI is InChI=1S/C12H9BrFN3O/c13-7-4-8(14)6-9(5-7)18-12-10(11(15)16)2-1-3-17-12/h1-6H,(H3,15,16). The van der Waals surface area contributed by atoms with Gasteiger partial charge in [0.25, 0.3) is 0 Å². The van der Waals surface area contributed by atoms with E-state index in [4.69, 9.17) is 15.9 Å².